The van der Waals surface area contributed by atoms with Gasteiger partial charge in [-0.2, -0.15) is 0 Å². The van der Waals surface area contributed by atoms with Crippen LogP contribution >= 0.6 is 0 Å². The van der Waals surface area contributed by atoms with Crippen molar-refractivity contribution >= 4 is 17.9 Å². The Labute approximate surface area is 423 Å². The van der Waals surface area contributed by atoms with Crippen molar-refractivity contribution in [2.45, 2.75) is 219 Å². The number of esters is 3. The summed E-state index contributed by atoms with van der Waals surface area (Å²) in [5.74, 6) is -0.993. The van der Waals surface area contributed by atoms with Crippen molar-refractivity contribution in [2.24, 2.45) is 0 Å². The summed E-state index contributed by atoms with van der Waals surface area (Å²) in [6.07, 6.45) is 79.8. The second-order valence-electron chi connectivity index (χ2n) is 17.3. The number of hydrogen-bond donors (Lipinski definition) is 0. The first kappa shape index (κ1) is 64.3. The van der Waals surface area contributed by atoms with Crippen LogP contribution in [0.25, 0.3) is 0 Å². The first-order chi connectivity index (χ1) is 34.0. The van der Waals surface area contributed by atoms with Crippen molar-refractivity contribution in [2.75, 3.05) is 13.2 Å². The molecule has 386 valence electrons. The van der Waals surface area contributed by atoms with Crippen molar-refractivity contribution in [1.29, 1.82) is 0 Å². The highest BCUT2D eigenvalue weighted by molar-refractivity contribution is 5.71. The minimum atomic E-state index is -0.817. The van der Waals surface area contributed by atoms with Gasteiger partial charge in [0.15, 0.2) is 6.10 Å². The quantitative estimate of drug-likeness (QED) is 0.0262. The van der Waals surface area contributed by atoms with Crippen molar-refractivity contribution in [3.05, 3.63) is 146 Å². The van der Waals surface area contributed by atoms with E-state index in [2.05, 4.69) is 167 Å². The van der Waals surface area contributed by atoms with Crippen LogP contribution < -0.4 is 0 Å². The largest absolute Gasteiger partial charge is 0.462 e. The van der Waals surface area contributed by atoms with Crippen LogP contribution in [0.1, 0.15) is 213 Å². The van der Waals surface area contributed by atoms with Crippen molar-refractivity contribution < 1.29 is 28.6 Å². The number of carbonyl (C=O) groups is 3. The second kappa shape index (κ2) is 55.9. The molecular weight excluding hydrogens is 853 g/mol. The van der Waals surface area contributed by atoms with E-state index in [4.69, 9.17) is 14.2 Å². The molecule has 0 rings (SSSR count). The van der Waals surface area contributed by atoms with Gasteiger partial charge in [0.2, 0.25) is 0 Å². The molecule has 0 aliphatic carbocycles. The van der Waals surface area contributed by atoms with Gasteiger partial charge in [-0.25, -0.2) is 0 Å². The Morgan fingerprint density at radius 1 is 0.290 bits per heavy atom. The summed E-state index contributed by atoms with van der Waals surface area (Å²) in [6.45, 7) is 6.21. The topological polar surface area (TPSA) is 78.9 Å². The van der Waals surface area contributed by atoms with Gasteiger partial charge < -0.3 is 14.2 Å². The molecule has 0 aromatic rings. The molecule has 0 radical (unpaired) electrons. The monoisotopic (exact) mass is 951 g/mol. The van der Waals surface area contributed by atoms with Crippen LogP contribution in [0.3, 0.4) is 0 Å². The zero-order valence-corrected chi connectivity index (χ0v) is 44.0. The molecule has 1 unspecified atom stereocenters. The van der Waals surface area contributed by atoms with E-state index in [9.17, 15) is 14.4 Å². The number of hydrogen-bond acceptors (Lipinski definition) is 6. The molecule has 0 bridgehead atoms. The van der Waals surface area contributed by atoms with Gasteiger partial charge >= 0.3 is 17.9 Å². The number of carbonyl (C=O) groups excluding carboxylic acids is 3. The molecule has 0 N–H and O–H groups in total. The Morgan fingerprint density at radius 3 is 0.826 bits per heavy atom. The maximum atomic E-state index is 12.8. The molecule has 1 atom stereocenters. The van der Waals surface area contributed by atoms with Gasteiger partial charge in [-0.1, -0.05) is 205 Å². The third-order valence-corrected chi connectivity index (χ3v) is 10.8. The first-order valence-corrected chi connectivity index (χ1v) is 27.3. The molecule has 0 amide bonds. The van der Waals surface area contributed by atoms with E-state index in [-0.39, 0.29) is 37.5 Å². The maximum absolute atomic E-state index is 12.8. The lowest BCUT2D eigenvalue weighted by Gasteiger charge is -2.18. The Morgan fingerprint density at radius 2 is 0.522 bits per heavy atom. The van der Waals surface area contributed by atoms with E-state index in [1.165, 1.54) is 0 Å². The van der Waals surface area contributed by atoms with E-state index in [1.807, 2.05) is 0 Å². The summed E-state index contributed by atoms with van der Waals surface area (Å²) in [5, 5.41) is 0. The lowest BCUT2D eigenvalue weighted by molar-refractivity contribution is -0.167. The van der Waals surface area contributed by atoms with Crippen LogP contribution in [0.2, 0.25) is 0 Å². The predicted octanol–water partition coefficient (Wildman–Crippen LogP) is 18.4. The molecule has 0 aromatic heterocycles. The van der Waals surface area contributed by atoms with Crippen molar-refractivity contribution in [1.82, 2.24) is 0 Å². The summed E-state index contributed by atoms with van der Waals surface area (Å²) in [6, 6.07) is 0. The van der Waals surface area contributed by atoms with Gasteiger partial charge in [0.05, 0.1) is 0 Å². The smallest absolute Gasteiger partial charge is 0.306 e. The average molecular weight is 951 g/mol. The molecule has 0 aliphatic rings. The standard InChI is InChI=1S/C63H98O6/c1-4-7-10-13-16-19-22-25-27-28-29-30-31-32-33-34-36-38-41-44-47-50-53-56-62(65)68-59-60(58-67-61(64)55-52-49-46-43-40-37-24-21-18-15-12-9-6-3)69-63(66)57-54-51-48-45-42-39-35-26-23-20-17-14-11-8-5-2/h7-12,16-21,25-27,29-30,32-33,35-38,40,60H,4-6,13-15,22-24,28,31,34,39,41-59H2,1-3H3/b10-7-,11-8-,12-9-,19-16-,20-17-,21-18-,27-25-,30-29-,33-32-,35-26-,38-36-,40-37-. The Balaban J connectivity index is 4.49. The predicted molar refractivity (Wildman–Crippen MR) is 297 cm³/mol. The molecule has 6 heteroatoms. The van der Waals surface area contributed by atoms with E-state index in [0.29, 0.717) is 12.8 Å². The van der Waals surface area contributed by atoms with Crippen LogP contribution in [-0.4, -0.2) is 37.2 Å². The zero-order valence-electron chi connectivity index (χ0n) is 44.0. The number of ether oxygens (including phenoxy) is 3. The molecular formula is C63H98O6. The molecule has 69 heavy (non-hydrogen) atoms. The van der Waals surface area contributed by atoms with E-state index >= 15 is 0 Å². The van der Waals surface area contributed by atoms with Gasteiger partial charge in [-0.05, 0) is 135 Å². The van der Waals surface area contributed by atoms with Gasteiger partial charge in [0.25, 0.3) is 0 Å². The van der Waals surface area contributed by atoms with Crippen LogP contribution in [0.5, 0.6) is 0 Å². The minimum Gasteiger partial charge on any atom is -0.462 e. The highest BCUT2D eigenvalue weighted by Crippen LogP contribution is 2.12. The molecule has 0 aromatic carbocycles. The maximum Gasteiger partial charge on any atom is 0.306 e. The Bertz CT molecular complexity index is 1560. The van der Waals surface area contributed by atoms with Crippen molar-refractivity contribution in [3.63, 3.8) is 0 Å². The van der Waals surface area contributed by atoms with E-state index in [1.54, 1.807) is 0 Å². The molecule has 6 nitrogen and oxygen atoms in total. The number of rotatable bonds is 47. The highest BCUT2D eigenvalue weighted by atomic mass is 16.6. The van der Waals surface area contributed by atoms with Crippen LogP contribution in [0.4, 0.5) is 0 Å². The van der Waals surface area contributed by atoms with Crippen molar-refractivity contribution in [3.8, 4) is 0 Å². The Hall–Kier alpha value is -4.71. The molecule has 0 saturated heterocycles. The third-order valence-electron chi connectivity index (χ3n) is 10.8. The molecule has 0 aliphatic heterocycles. The van der Waals surface area contributed by atoms with Crippen LogP contribution in [0, 0.1) is 0 Å². The van der Waals surface area contributed by atoms with Gasteiger partial charge in [0, 0.05) is 19.3 Å². The molecule has 0 heterocycles. The lowest BCUT2D eigenvalue weighted by atomic mass is 10.1. The van der Waals surface area contributed by atoms with Gasteiger partial charge in [0.1, 0.15) is 13.2 Å². The summed E-state index contributed by atoms with van der Waals surface area (Å²) in [5.41, 5.74) is 0. The summed E-state index contributed by atoms with van der Waals surface area (Å²) >= 11 is 0. The highest BCUT2D eigenvalue weighted by Gasteiger charge is 2.19. The van der Waals surface area contributed by atoms with Crippen LogP contribution in [-0.2, 0) is 28.6 Å². The Kier molecular flexibility index (Phi) is 52.1. The fraction of sp³-hybridized carbons (Fsp3) is 0.571. The number of allylic oxidation sites excluding steroid dienone is 24. The minimum absolute atomic E-state index is 0.114. The molecule has 0 fully saturated rings. The number of unbranched alkanes of at least 4 members (excludes halogenated alkanes) is 12. The summed E-state index contributed by atoms with van der Waals surface area (Å²) < 4.78 is 16.8. The van der Waals surface area contributed by atoms with E-state index < -0.39 is 6.10 Å². The van der Waals surface area contributed by atoms with Gasteiger partial charge in [-0.3, -0.25) is 14.4 Å². The fourth-order valence-electron chi connectivity index (χ4n) is 6.83. The fourth-order valence-corrected chi connectivity index (χ4v) is 6.83. The zero-order chi connectivity index (χ0) is 50.0. The third kappa shape index (κ3) is 54.1. The summed E-state index contributed by atoms with van der Waals surface area (Å²) in [7, 11) is 0. The first-order valence-electron chi connectivity index (χ1n) is 27.3. The normalized spacial score (nSPS) is 13.3. The molecule has 0 saturated carbocycles. The lowest BCUT2D eigenvalue weighted by Crippen LogP contribution is -2.30. The molecule has 0 spiro atoms. The summed E-state index contributed by atoms with van der Waals surface area (Å²) in [4.78, 5) is 38.1. The van der Waals surface area contributed by atoms with Crippen LogP contribution in [0.15, 0.2) is 146 Å². The van der Waals surface area contributed by atoms with Gasteiger partial charge in [-0.15, -0.1) is 0 Å². The SMILES string of the molecule is CC/C=C\C/C=C\C/C=C\C/C=C\C/C=C\C/C=C\CCCCCCC(=O)OCC(COC(=O)CCCCC/C=C\C/C=C\C/C=C\CC)OC(=O)CCCCCCC/C=C\C/C=C\C/C=C\CC. The van der Waals surface area contributed by atoms with E-state index in [0.717, 1.165) is 173 Å². The second-order valence-corrected chi connectivity index (χ2v) is 17.3. The average Bonchev–Trinajstić information content (AvgIpc) is 3.35.